The average molecular weight is 419 g/mol. The first kappa shape index (κ1) is 25.7. The molecular formula is C21H34KNO3P+. The van der Waals surface area contributed by atoms with Gasteiger partial charge in [0.1, 0.15) is 12.2 Å². The Balaban J connectivity index is 0.00000364. The van der Waals surface area contributed by atoms with Gasteiger partial charge in [0.25, 0.3) is 0 Å². The van der Waals surface area contributed by atoms with Crippen molar-refractivity contribution in [2.24, 2.45) is 0 Å². The number of fused-ring (bicyclic) bond motifs is 1. The monoisotopic (exact) mass is 418 g/mol. The Kier molecular flexibility index (Phi) is 11.2. The predicted octanol–water partition coefficient (Wildman–Crippen LogP) is 2.71. The van der Waals surface area contributed by atoms with Crippen LogP contribution in [0.1, 0.15) is 65.9 Å². The van der Waals surface area contributed by atoms with E-state index in [2.05, 4.69) is 43.5 Å². The van der Waals surface area contributed by atoms with Gasteiger partial charge in [0.2, 0.25) is 0 Å². The van der Waals surface area contributed by atoms with E-state index in [0.717, 1.165) is 13.0 Å². The minimum absolute atomic E-state index is 0. The Bertz CT molecular complexity index is 682. The number of nitrogens with zero attached hydrogens (tertiary/aromatic N) is 1. The van der Waals surface area contributed by atoms with Gasteiger partial charge >= 0.3 is 59.0 Å². The molecule has 1 unspecified atom stereocenters. The van der Waals surface area contributed by atoms with E-state index in [-0.39, 0.29) is 56.8 Å². The van der Waals surface area contributed by atoms with Gasteiger partial charge in [-0.15, -0.1) is 6.07 Å². The largest absolute Gasteiger partial charge is 1.00 e. The molecule has 0 bridgehead atoms. The first-order chi connectivity index (χ1) is 12.4. The smallest absolute Gasteiger partial charge is 0.309 e. The van der Waals surface area contributed by atoms with E-state index in [9.17, 15) is 4.57 Å². The standard InChI is InChI=1S/C21H34NO3P.K/c1-6-9-12-16-22-18(4)21(5,19-13-10-11-14-20(19)22)15-17-26(23,24-7-2)25-8-3;/h11,13-14H,6-9,12,15-17H2,1-5H3;/q;+1. The van der Waals surface area contributed by atoms with Crippen LogP contribution in [0, 0.1) is 6.07 Å². The van der Waals surface area contributed by atoms with E-state index in [1.165, 1.54) is 36.2 Å². The number of benzene rings is 1. The van der Waals surface area contributed by atoms with E-state index < -0.39 is 7.60 Å². The van der Waals surface area contributed by atoms with Crippen LogP contribution < -0.4 is 51.4 Å². The molecule has 0 aliphatic carbocycles. The Labute approximate surface area is 208 Å². The molecule has 27 heavy (non-hydrogen) atoms. The van der Waals surface area contributed by atoms with Gasteiger partial charge in [-0.25, -0.2) is 4.58 Å². The molecule has 0 radical (unpaired) electrons. The molecule has 0 saturated heterocycles. The normalized spacial score (nSPS) is 19.1. The third-order valence-electron chi connectivity index (χ3n) is 5.45. The fraction of sp³-hybridized carbons (Fsp3) is 0.667. The van der Waals surface area contributed by atoms with Crippen molar-refractivity contribution in [1.29, 1.82) is 0 Å². The van der Waals surface area contributed by atoms with Crippen LogP contribution in [-0.2, 0) is 19.0 Å². The van der Waals surface area contributed by atoms with E-state index in [1.54, 1.807) is 0 Å². The van der Waals surface area contributed by atoms with Crippen LogP contribution in [0.2, 0.25) is 0 Å². The van der Waals surface area contributed by atoms with Gasteiger partial charge in [-0.2, -0.15) is 18.2 Å². The zero-order valence-corrected chi connectivity index (χ0v) is 22.0. The van der Waals surface area contributed by atoms with Crippen molar-refractivity contribution in [2.75, 3.05) is 25.9 Å². The predicted molar refractivity (Wildman–Crippen MR) is 108 cm³/mol. The molecule has 146 valence electrons. The van der Waals surface area contributed by atoms with Gasteiger partial charge in [0, 0.05) is 18.8 Å². The molecule has 2 rings (SSSR count). The molecule has 1 aromatic carbocycles. The van der Waals surface area contributed by atoms with Crippen molar-refractivity contribution in [3.05, 3.63) is 29.8 Å². The Morgan fingerprint density at radius 3 is 2.44 bits per heavy atom. The Morgan fingerprint density at radius 1 is 1.19 bits per heavy atom. The fourth-order valence-electron chi connectivity index (χ4n) is 3.82. The van der Waals surface area contributed by atoms with E-state index in [1.807, 2.05) is 19.9 Å². The van der Waals surface area contributed by atoms with Gasteiger partial charge in [0.15, 0.2) is 5.71 Å². The van der Waals surface area contributed by atoms with Crippen molar-refractivity contribution in [3.63, 3.8) is 0 Å². The van der Waals surface area contributed by atoms with Crippen LogP contribution in [-0.4, -0.2) is 36.2 Å². The molecule has 1 aromatic rings. The fourth-order valence-corrected chi connectivity index (χ4v) is 5.66. The summed E-state index contributed by atoms with van der Waals surface area (Å²) in [5.41, 5.74) is 3.70. The molecule has 0 N–H and O–H groups in total. The van der Waals surface area contributed by atoms with Crippen LogP contribution in [0.25, 0.3) is 0 Å². The molecular weight excluding hydrogens is 384 g/mol. The van der Waals surface area contributed by atoms with Crippen LogP contribution in [0.5, 0.6) is 0 Å². The molecule has 0 fully saturated rings. The first-order valence-corrected chi connectivity index (χ1v) is 11.6. The third kappa shape index (κ3) is 6.08. The molecule has 0 saturated carbocycles. The minimum Gasteiger partial charge on any atom is -0.309 e. The third-order valence-corrected chi connectivity index (χ3v) is 7.53. The first-order valence-electron chi connectivity index (χ1n) is 9.92. The summed E-state index contributed by atoms with van der Waals surface area (Å²) in [7, 11) is -3.04. The summed E-state index contributed by atoms with van der Waals surface area (Å²) in [5, 5.41) is 0. The zero-order valence-electron chi connectivity index (χ0n) is 18.0. The van der Waals surface area contributed by atoms with Crippen LogP contribution in [0.3, 0.4) is 0 Å². The summed E-state index contributed by atoms with van der Waals surface area (Å²) in [5.74, 6) is 0. The molecule has 6 heteroatoms. The van der Waals surface area contributed by atoms with Gasteiger partial charge in [-0.3, -0.25) is 4.57 Å². The van der Waals surface area contributed by atoms with Crippen molar-refractivity contribution < 1.29 is 69.6 Å². The summed E-state index contributed by atoms with van der Waals surface area (Å²) >= 11 is 0. The molecule has 0 amide bonds. The second kappa shape index (κ2) is 11.8. The Morgan fingerprint density at radius 2 is 1.85 bits per heavy atom. The molecule has 1 atom stereocenters. The summed E-state index contributed by atoms with van der Waals surface area (Å²) in [6, 6.07) is 9.46. The van der Waals surface area contributed by atoms with E-state index >= 15 is 0 Å². The van der Waals surface area contributed by atoms with E-state index in [4.69, 9.17) is 9.05 Å². The average Bonchev–Trinajstić information content (AvgIpc) is 2.83. The summed E-state index contributed by atoms with van der Waals surface area (Å²) in [4.78, 5) is 0. The topological polar surface area (TPSA) is 38.5 Å². The minimum atomic E-state index is -3.04. The SMILES string of the molecule is CCCCC[N+]1=C(C)C(C)(CCP(=O)(OCC)OCC)c2c[c-]ccc21.[K+]. The van der Waals surface area contributed by atoms with E-state index in [0.29, 0.717) is 19.4 Å². The summed E-state index contributed by atoms with van der Waals surface area (Å²) in [6.07, 6.45) is 4.80. The molecule has 4 nitrogen and oxygen atoms in total. The van der Waals surface area contributed by atoms with Crippen LogP contribution >= 0.6 is 7.60 Å². The number of unbranched alkanes of at least 4 members (excludes halogenated alkanes) is 2. The molecule has 1 aliphatic heterocycles. The maximum absolute atomic E-state index is 12.9. The molecule has 1 heterocycles. The second-order valence-electron chi connectivity index (χ2n) is 7.14. The summed E-state index contributed by atoms with van der Waals surface area (Å²) < 4.78 is 26.4. The van der Waals surface area contributed by atoms with Gasteiger partial charge < -0.3 is 9.05 Å². The van der Waals surface area contributed by atoms with Crippen molar-refractivity contribution in [3.8, 4) is 0 Å². The number of hydrogen-bond donors (Lipinski definition) is 0. The maximum atomic E-state index is 12.9. The maximum Gasteiger partial charge on any atom is 1.00 e. The summed E-state index contributed by atoms with van der Waals surface area (Å²) in [6.45, 7) is 12.2. The van der Waals surface area contributed by atoms with Crippen LogP contribution in [0.15, 0.2) is 18.2 Å². The van der Waals surface area contributed by atoms with Gasteiger partial charge in [-0.05, 0) is 26.7 Å². The van der Waals surface area contributed by atoms with Crippen molar-refractivity contribution in [1.82, 2.24) is 0 Å². The van der Waals surface area contributed by atoms with Crippen LogP contribution in [0.4, 0.5) is 5.69 Å². The second-order valence-corrected chi connectivity index (χ2v) is 9.32. The van der Waals surface area contributed by atoms with Gasteiger partial charge in [0.05, 0.1) is 19.4 Å². The zero-order chi connectivity index (χ0) is 19.2. The molecule has 1 aliphatic rings. The quantitative estimate of drug-likeness (QED) is 0.182. The molecule has 0 spiro atoms. The Hall–Kier alpha value is 0.676. The van der Waals surface area contributed by atoms with Gasteiger partial charge in [-0.1, -0.05) is 25.8 Å². The van der Waals surface area contributed by atoms with Crippen molar-refractivity contribution in [2.45, 2.75) is 65.7 Å². The molecule has 0 aromatic heterocycles. The van der Waals surface area contributed by atoms with Crippen molar-refractivity contribution >= 4 is 19.0 Å². The number of rotatable bonds is 11. The number of hydrogen-bond acceptors (Lipinski definition) is 3.